The predicted molar refractivity (Wildman–Crippen MR) is 68.6 cm³/mol. The van der Waals surface area contributed by atoms with Gasteiger partial charge in [0.05, 0.1) is 11.0 Å². The van der Waals surface area contributed by atoms with E-state index in [-0.39, 0.29) is 5.82 Å². The summed E-state index contributed by atoms with van der Waals surface area (Å²) < 4.78 is 15.1. The molecule has 0 saturated heterocycles. The van der Waals surface area contributed by atoms with Crippen molar-refractivity contribution in [3.05, 3.63) is 29.8 Å². The summed E-state index contributed by atoms with van der Waals surface area (Å²) in [5, 5.41) is 10.0. The van der Waals surface area contributed by atoms with Gasteiger partial charge in [0.1, 0.15) is 17.7 Å². The lowest BCUT2D eigenvalue weighted by atomic mass is 10.2. The molecule has 0 amide bonds. The van der Waals surface area contributed by atoms with Gasteiger partial charge < -0.3 is 15.4 Å². The Morgan fingerprint density at radius 3 is 2.94 bits per heavy atom. The molecule has 0 fully saturated rings. The lowest BCUT2D eigenvalue weighted by Gasteiger charge is -2.12. The third-order valence-corrected chi connectivity index (χ3v) is 2.93. The van der Waals surface area contributed by atoms with Crippen LogP contribution in [0.25, 0.3) is 11.0 Å². The molecule has 18 heavy (non-hydrogen) atoms. The van der Waals surface area contributed by atoms with Crippen LogP contribution in [0.5, 0.6) is 0 Å². The second-order valence-corrected chi connectivity index (χ2v) is 4.35. The summed E-state index contributed by atoms with van der Waals surface area (Å²) in [5.41, 5.74) is 6.88. The van der Waals surface area contributed by atoms with Crippen molar-refractivity contribution in [3.63, 3.8) is 0 Å². The van der Waals surface area contributed by atoms with Crippen LogP contribution in [0.3, 0.4) is 0 Å². The number of hydrogen-bond donors (Lipinski definition) is 2. The van der Waals surface area contributed by atoms with Crippen molar-refractivity contribution in [2.45, 2.75) is 32.4 Å². The number of benzene rings is 1. The van der Waals surface area contributed by atoms with Gasteiger partial charge in [0, 0.05) is 12.6 Å². The molecular formula is C13H18FN3O. The summed E-state index contributed by atoms with van der Waals surface area (Å²) in [6, 6.07) is 4.50. The molecule has 1 unspecified atom stereocenters. The van der Waals surface area contributed by atoms with Crippen molar-refractivity contribution in [1.29, 1.82) is 0 Å². The summed E-state index contributed by atoms with van der Waals surface area (Å²) >= 11 is 0. The van der Waals surface area contributed by atoms with E-state index in [0.717, 1.165) is 18.5 Å². The first-order valence-electron chi connectivity index (χ1n) is 6.21. The number of aliphatic hydroxyl groups excluding tert-OH is 1. The zero-order valence-corrected chi connectivity index (χ0v) is 10.4. The molecule has 2 rings (SSSR count). The van der Waals surface area contributed by atoms with Gasteiger partial charge in [0.2, 0.25) is 0 Å². The Hall–Kier alpha value is -1.46. The molecule has 0 aliphatic heterocycles. The van der Waals surface area contributed by atoms with Crippen LogP contribution < -0.4 is 5.73 Å². The van der Waals surface area contributed by atoms with Gasteiger partial charge in [-0.05, 0) is 31.5 Å². The average Bonchev–Trinajstić information content (AvgIpc) is 2.68. The normalized spacial score (nSPS) is 13.1. The van der Waals surface area contributed by atoms with Gasteiger partial charge in [0.15, 0.2) is 0 Å². The van der Waals surface area contributed by atoms with E-state index in [4.69, 9.17) is 5.73 Å². The molecule has 2 aromatic rings. The number of halogens is 1. The molecule has 98 valence electrons. The molecule has 5 heteroatoms. The number of aliphatic hydroxyl groups is 1. The van der Waals surface area contributed by atoms with E-state index in [1.54, 1.807) is 6.07 Å². The largest absolute Gasteiger partial charge is 0.385 e. The highest BCUT2D eigenvalue weighted by atomic mass is 19.1. The summed E-state index contributed by atoms with van der Waals surface area (Å²) in [5.74, 6) is 0.256. The highest BCUT2D eigenvalue weighted by Gasteiger charge is 2.17. The van der Waals surface area contributed by atoms with E-state index in [2.05, 4.69) is 11.9 Å². The fourth-order valence-corrected chi connectivity index (χ4v) is 2.12. The van der Waals surface area contributed by atoms with Crippen molar-refractivity contribution in [1.82, 2.24) is 9.55 Å². The Morgan fingerprint density at radius 1 is 1.50 bits per heavy atom. The van der Waals surface area contributed by atoms with Gasteiger partial charge >= 0.3 is 0 Å². The van der Waals surface area contributed by atoms with E-state index in [0.29, 0.717) is 24.3 Å². The van der Waals surface area contributed by atoms with E-state index < -0.39 is 6.10 Å². The molecule has 1 aromatic carbocycles. The van der Waals surface area contributed by atoms with Crippen molar-refractivity contribution in [2.24, 2.45) is 5.73 Å². The fraction of sp³-hybridized carbons (Fsp3) is 0.462. The predicted octanol–water partition coefficient (Wildman–Crippen LogP) is 1.97. The SMILES string of the molecule is CCCn1c(C(O)CCN)nc2cc(F)ccc21. The fourth-order valence-electron chi connectivity index (χ4n) is 2.12. The van der Waals surface area contributed by atoms with Crippen molar-refractivity contribution >= 4 is 11.0 Å². The minimum Gasteiger partial charge on any atom is -0.385 e. The average molecular weight is 251 g/mol. The number of nitrogens with two attached hydrogens (primary N) is 1. The van der Waals surface area contributed by atoms with Crippen molar-refractivity contribution < 1.29 is 9.50 Å². The van der Waals surface area contributed by atoms with Gasteiger partial charge in [-0.25, -0.2) is 9.37 Å². The standard InChI is InChI=1S/C13H18FN3O/c1-2-7-17-11-4-3-9(14)8-10(11)16-13(17)12(18)5-6-15/h3-4,8,12,18H,2,5-7,15H2,1H3. The van der Waals surface area contributed by atoms with Gasteiger partial charge in [-0.1, -0.05) is 6.92 Å². The summed E-state index contributed by atoms with van der Waals surface area (Å²) in [7, 11) is 0. The maximum atomic E-state index is 13.2. The van der Waals surface area contributed by atoms with Crippen LogP contribution in [0.1, 0.15) is 31.7 Å². The molecule has 3 N–H and O–H groups in total. The highest BCUT2D eigenvalue weighted by molar-refractivity contribution is 5.76. The Morgan fingerprint density at radius 2 is 2.28 bits per heavy atom. The molecule has 0 aliphatic rings. The molecule has 1 aromatic heterocycles. The summed E-state index contributed by atoms with van der Waals surface area (Å²) in [4.78, 5) is 4.33. The van der Waals surface area contributed by atoms with Crippen LogP contribution >= 0.6 is 0 Å². The zero-order chi connectivity index (χ0) is 13.1. The zero-order valence-electron chi connectivity index (χ0n) is 10.4. The second kappa shape index (κ2) is 5.46. The first kappa shape index (κ1) is 13.0. The molecule has 1 atom stereocenters. The van der Waals surface area contributed by atoms with E-state index in [1.807, 2.05) is 4.57 Å². The van der Waals surface area contributed by atoms with Crippen molar-refractivity contribution in [3.8, 4) is 0 Å². The lowest BCUT2D eigenvalue weighted by molar-refractivity contribution is 0.156. The quantitative estimate of drug-likeness (QED) is 0.854. The molecular weight excluding hydrogens is 233 g/mol. The van der Waals surface area contributed by atoms with Crippen LogP contribution in [-0.2, 0) is 6.54 Å². The molecule has 4 nitrogen and oxygen atoms in total. The molecule has 1 heterocycles. The maximum Gasteiger partial charge on any atom is 0.138 e. The number of nitrogens with zero attached hydrogens (tertiary/aromatic N) is 2. The van der Waals surface area contributed by atoms with Gasteiger partial charge in [-0.3, -0.25) is 0 Å². The molecule has 0 saturated carbocycles. The van der Waals surface area contributed by atoms with Crippen LogP contribution in [0.15, 0.2) is 18.2 Å². The number of hydrogen-bond acceptors (Lipinski definition) is 3. The summed E-state index contributed by atoms with van der Waals surface area (Å²) in [6.07, 6.45) is 0.678. The highest BCUT2D eigenvalue weighted by Crippen LogP contribution is 2.23. The van der Waals surface area contributed by atoms with Crippen LogP contribution in [0, 0.1) is 5.82 Å². The van der Waals surface area contributed by atoms with Crippen LogP contribution in [0.2, 0.25) is 0 Å². The van der Waals surface area contributed by atoms with Crippen LogP contribution in [-0.4, -0.2) is 21.2 Å². The second-order valence-electron chi connectivity index (χ2n) is 4.35. The van der Waals surface area contributed by atoms with E-state index in [1.165, 1.54) is 12.1 Å². The first-order chi connectivity index (χ1) is 8.67. The summed E-state index contributed by atoms with van der Waals surface area (Å²) in [6.45, 7) is 3.19. The lowest BCUT2D eigenvalue weighted by Crippen LogP contribution is -2.12. The molecule has 0 spiro atoms. The van der Waals surface area contributed by atoms with Crippen molar-refractivity contribution in [2.75, 3.05) is 6.54 Å². The topological polar surface area (TPSA) is 64.1 Å². The van der Waals surface area contributed by atoms with Gasteiger partial charge in [-0.2, -0.15) is 0 Å². The number of aryl methyl sites for hydroxylation is 1. The Bertz CT molecular complexity index is 538. The minimum absolute atomic E-state index is 0.316. The third-order valence-electron chi connectivity index (χ3n) is 2.93. The monoisotopic (exact) mass is 251 g/mol. The molecule has 0 radical (unpaired) electrons. The number of aromatic nitrogens is 2. The first-order valence-corrected chi connectivity index (χ1v) is 6.21. The van der Waals surface area contributed by atoms with E-state index in [9.17, 15) is 9.50 Å². The third kappa shape index (κ3) is 2.37. The Balaban J connectivity index is 2.53. The Kier molecular flexibility index (Phi) is 3.93. The van der Waals surface area contributed by atoms with Crippen LogP contribution in [0.4, 0.5) is 4.39 Å². The number of fused-ring (bicyclic) bond motifs is 1. The van der Waals surface area contributed by atoms with Gasteiger partial charge in [-0.15, -0.1) is 0 Å². The smallest absolute Gasteiger partial charge is 0.138 e. The maximum absolute atomic E-state index is 13.2. The molecule has 0 bridgehead atoms. The number of rotatable bonds is 5. The van der Waals surface area contributed by atoms with Gasteiger partial charge in [0.25, 0.3) is 0 Å². The number of imidazole rings is 1. The minimum atomic E-state index is -0.697. The molecule has 0 aliphatic carbocycles. The van der Waals surface area contributed by atoms with E-state index >= 15 is 0 Å². The Labute approximate surface area is 105 Å².